The summed E-state index contributed by atoms with van der Waals surface area (Å²) in [6.45, 7) is 5.72. The molecule has 1 aliphatic heterocycles. The molecule has 126 valence electrons. The number of aryl methyl sites for hydroxylation is 1. The van der Waals surface area contributed by atoms with Crippen LogP contribution in [0, 0.1) is 6.92 Å². The number of rotatable bonds is 4. The fourth-order valence-electron chi connectivity index (χ4n) is 2.96. The summed E-state index contributed by atoms with van der Waals surface area (Å²) < 4.78 is 0. The van der Waals surface area contributed by atoms with Crippen molar-refractivity contribution in [3.63, 3.8) is 0 Å². The van der Waals surface area contributed by atoms with Crippen molar-refractivity contribution < 1.29 is 0 Å². The Morgan fingerprint density at radius 1 is 1.00 bits per heavy atom. The molecule has 1 aliphatic carbocycles. The molecule has 24 heavy (non-hydrogen) atoms. The van der Waals surface area contributed by atoms with E-state index in [-0.39, 0.29) is 0 Å². The van der Waals surface area contributed by atoms with Crippen molar-refractivity contribution in [3.8, 4) is 0 Å². The third kappa shape index (κ3) is 3.31. The summed E-state index contributed by atoms with van der Waals surface area (Å²) in [5.74, 6) is 2.55. The Labute approximate surface area is 146 Å². The lowest BCUT2D eigenvalue weighted by Crippen LogP contribution is -2.47. The van der Waals surface area contributed by atoms with Gasteiger partial charge in [-0.3, -0.25) is 0 Å². The molecule has 0 unspecified atom stereocenters. The van der Waals surface area contributed by atoms with Crippen LogP contribution in [0.2, 0.25) is 0 Å². The van der Waals surface area contributed by atoms with E-state index in [1.54, 1.807) is 11.8 Å². The van der Waals surface area contributed by atoms with E-state index in [9.17, 15) is 0 Å². The minimum absolute atomic E-state index is 0.653. The molecular formula is C17H22N6S. The lowest BCUT2D eigenvalue weighted by molar-refractivity contribution is 0.629. The summed E-state index contributed by atoms with van der Waals surface area (Å²) in [6.07, 6.45) is 8.34. The maximum Gasteiger partial charge on any atom is 0.225 e. The SMILES string of the molecule is CSc1nc(C2CC2)cc(N2CCN(c3ncc(C)cn3)CC2)n1. The molecule has 4 rings (SSSR count). The molecule has 0 atom stereocenters. The Morgan fingerprint density at radius 2 is 1.67 bits per heavy atom. The number of nitrogens with zero attached hydrogens (tertiary/aromatic N) is 6. The van der Waals surface area contributed by atoms with Crippen molar-refractivity contribution in [3.05, 3.63) is 29.7 Å². The van der Waals surface area contributed by atoms with Gasteiger partial charge >= 0.3 is 0 Å². The lowest BCUT2D eigenvalue weighted by Gasteiger charge is -2.35. The zero-order chi connectivity index (χ0) is 16.5. The Balaban J connectivity index is 1.47. The predicted octanol–water partition coefficient (Wildman–Crippen LogP) is 2.50. The van der Waals surface area contributed by atoms with Crippen LogP contribution < -0.4 is 9.80 Å². The van der Waals surface area contributed by atoms with Gasteiger partial charge in [-0.05, 0) is 31.6 Å². The molecular weight excluding hydrogens is 320 g/mol. The molecule has 1 saturated heterocycles. The van der Waals surface area contributed by atoms with E-state index in [0.717, 1.165) is 48.7 Å². The maximum atomic E-state index is 4.72. The second-order valence-electron chi connectivity index (χ2n) is 6.45. The van der Waals surface area contributed by atoms with Gasteiger partial charge in [0.2, 0.25) is 5.95 Å². The maximum absolute atomic E-state index is 4.72. The van der Waals surface area contributed by atoms with E-state index in [1.165, 1.54) is 18.5 Å². The third-order valence-corrected chi connectivity index (χ3v) is 5.09. The van der Waals surface area contributed by atoms with Gasteiger partial charge in [0.15, 0.2) is 5.16 Å². The molecule has 2 aromatic rings. The van der Waals surface area contributed by atoms with Crippen LogP contribution in [0.25, 0.3) is 0 Å². The van der Waals surface area contributed by atoms with Crippen LogP contribution >= 0.6 is 11.8 Å². The van der Waals surface area contributed by atoms with E-state index in [0.29, 0.717) is 5.92 Å². The van der Waals surface area contributed by atoms with Gasteiger partial charge in [-0.2, -0.15) is 0 Å². The second-order valence-corrected chi connectivity index (χ2v) is 7.22. The van der Waals surface area contributed by atoms with Crippen molar-refractivity contribution in [1.82, 2.24) is 19.9 Å². The highest BCUT2D eigenvalue weighted by atomic mass is 32.2. The van der Waals surface area contributed by atoms with Gasteiger partial charge in [0.25, 0.3) is 0 Å². The third-order valence-electron chi connectivity index (χ3n) is 4.54. The number of hydrogen-bond acceptors (Lipinski definition) is 7. The minimum atomic E-state index is 0.653. The van der Waals surface area contributed by atoms with Crippen LogP contribution in [0.5, 0.6) is 0 Å². The number of anilines is 2. The van der Waals surface area contributed by atoms with Crippen LogP contribution in [-0.4, -0.2) is 52.4 Å². The fraction of sp³-hybridized carbons (Fsp3) is 0.529. The van der Waals surface area contributed by atoms with E-state index < -0.39 is 0 Å². The number of hydrogen-bond donors (Lipinski definition) is 0. The van der Waals surface area contributed by atoms with E-state index in [2.05, 4.69) is 30.8 Å². The van der Waals surface area contributed by atoms with E-state index in [1.807, 2.05) is 25.6 Å². The monoisotopic (exact) mass is 342 g/mol. The Hall–Kier alpha value is -1.89. The topological polar surface area (TPSA) is 58.0 Å². The first-order chi connectivity index (χ1) is 11.7. The van der Waals surface area contributed by atoms with Crippen molar-refractivity contribution in [2.24, 2.45) is 0 Å². The highest BCUT2D eigenvalue weighted by Crippen LogP contribution is 2.40. The molecule has 0 radical (unpaired) electrons. The summed E-state index contributed by atoms with van der Waals surface area (Å²) >= 11 is 1.63. The first-order valence-corrected chi connectivity index (χ1v) is 9.67. The largest absolute Gasteiger partial charge is 0.353 e. The van der Waals surface area contributed by atoms with Crippen LogP contribution in [0.15, 0.2) is 23.6 Å². The average molecular weight is 342 g/mol. The van der Waals surface area contributed by atoms with Crippen LogP contribution in [0.4, 0.5) is 11.8 Å². The first kappa shape index (κ1) is 15.6. The highest BCUT2D eigenvalue weighted by Gasteiger charge is 2.27. The standard InChI is InChI=1S/C17H22N6S/c1-12-10-18-16(19-11-12)23-7-5-22(6-8-23)15-9-14(13-3-4-13)20-17(21-15)24-2/h9-11,13H,3-8H2,1-2H3. The quantitative estimate of drug-likeness (QED) is 0.625. The number of thioether (sulfide) groups is 1. The van der Waals surface area contributed by atoms with Crippen molar-refractivity contribution in [1.29, 1.82) is 0 Å². The van der Waals surface area contributed by atoms with Crippen LogP contribution in [-0.2, 0) is 0 Å². The van der Waals surface area contributed by atoms with Gasteiger partial charge in [-0.1, -0.05) is 11.8 Å². The molecule has 0 bridgehead atoms. The molecule has 1 saturated carbocycles. The molecule has 0 spiro atoms. The highest BCUT2D eigenvalue weighted by molar-refractivity contribution is 7.98. The van der Waals surface area contributed by atoms with Crippen molar-refractivity contribution in [2.75, 3.05) is 42.2 Å². The van der Waals surface area contributed by atoms with Gasteiger partial charge in [0.05, 0.1) is 5.69 Å². The lowest BCUT2D eigenvalue weighted by atomic mass is 10.2. The molecule has 2 aromatic heterocycles. The molecule has 0 amide bonds. The zero-order valence-electron chi connectivity index (χ0n) is 14.1. The second kappa shape index (κ2) is 6.55. The van der Waals surface area contributed by atoms with Gasteiger partial charge in [-0.15, -0.1) is 0 Å². The molecule has 2 fully saturated rings. The Morgan fingerprint density at radius 3 is 2.29 bits per heavy atom. The van der Waals surface area contributed by atoms with Gasteiger partial charge in [-0.25, -0.2) is 19.9 Å². The van der Waals surface area contributed by atoms with E-state index >= 15 is 0 Å². The summed E-state index contributed by atoms with van der Waals surface area (Å²) in [6, 6.07) is 2.19. The Kier molecular flexibility index (Phi) is 4.26. The van der Waals surface area contributed by atoms with Gasteiger partial charge < -0.3 is 9.80 Å². The predicted molar refractivity (Wildman–Crippen MR) is 97.0 cm³/mol. The first-order valence-electron chi connectivity index (χ1n) is 8.44. The minimum Gasteiger partial charge on any atom is -0.353 e. The number of piperazine rings is 1. The Bertz CT molecular complexity index is 708. The number of aromatic nitrogens is 4. The summed E-state index contributed by atoms with van der Waals surface area (Å²) in [4.78, 5) is 22.9. The summed E-state index contributed by atoms with van der Waals surface area (Å²) in [5.41, 5.74) is 2.31. The van der Waals surface area contributed by atoms with Crippen molar-refractivity contribution >= 4 is 23.5 Å². The van der Waals surface area contributed by atoms with Crippen LogP contribution in [0.3, 0.4) is 0 Å². The zero-order valence-corrected chi connectivity index (χ0v) is 15.0. The summed E-state index contributed by atoms with van der Waals surface area (Å²) in [5, 5.41) is 0.888. The average Bonchev–Trinajstić information content (AvgIpc) is 3.47. The van der Waals surface area contributed by atoms with E-state index in [4.69, 9.17) is 4.98 Å². The summed E-state index contributed by atoms with van der Waals surface area (Å²) in [7, 11) is 0. The molecule has 7 heteroatoms. The van der Waals surface area contributed by atoms with Gasteiger partial charge in [0, 0.05) is 50.6 Å². The molecule has 2 aliphatic rings. The normalized spacial score (nSPS) is 18.1. The molecule has 6 nitrogen and oxygen atoms in total. The molecule has 3 heterocycles. The van der Waals surface area contributed by atoms with Gasteiger partial charge in [0.1, 0.15) is 5.82 Å². The fourth-order valence-corrected chi connectivity index (χ4v) is 3.34. The smallest absolute Gasteiger partial charge is 0.225 e. The molecule has 0 aromatic carbocycles. The molecule has 0 N–H and O–H groups in total. The van der Waals surface area contributed by atoms with Crippen molar-refractivity contribution in [2.45, 2.75) is 30.8 Å². The van der Waals surface area contributed by atoms with Crippen LogP contribution in [0.1, 0.15) is 30.0 Å².